The fraction of sp³-hybridized carbons (Fsp3) is 0.238. The third kappa shape index (κ3) is 4.30. The maximum absolute atomic E-state index is 13.4. The monoisotopic (exact) mass is 446 g/mol. The zero-order valence-electron chi connectivity index (χ0n) is 16.3. The number of imidazole rings is 1. The summed E-state index contributed by atoms with van der Waals surface area (Å²) in [5, 5.41) is 4.13. The highest BCUT2D eigenvalue weighted by Crippen LogP contribution is 2.31. The minimum absolute atomic E-state index is 0.330. The Labute approximate surface area is 183 Å². The van der Waals surface area contributed by atoms with Crippen molar-refractivity contribution in [2.24, 2.45) is 0 Å². The van der Waals surface area contributed by atoms with E-state index >= 15 is 0 Å². The van der Waals surface area contributed by atoms with Gasteiger partial charge in [0.1, 0.15) is 11.5 Å². The van der Waals surface area contributed by atoms with Gasteiger partial charge in [0.2, 0.25) is 0 Å². The van der Waals surface area contributed by atoms with Gasteiger partial charge in [0.25, 0.3) is 5.91 Å². The smallest absolute Gasteiger partial charge is 0.274 e. The summed E-state index contributed by atoms with van der Waals surface area (Å²) in [4.78, 5) is 19.7. The number of nitrogens with zero attached hydrogens (tertiary/aromatic N) is 3. The van der Waals surface area contributed by atoms with Gasteiger partial charge in [0.15, 0.2) is 5.16 Å². The molecule has 1 amide bonds. The van der Waals surface area contributed by atoms with Crippen LogP contribution < -0.4 is 10.2 Å². The lowest BCUT2D eigenvalue weighted by atomic mass is 10.2. The molecule has 1 N–H and O–H groups in total. The van der Waals surface area contributed by atoms with Crippen LogP contribution in [0.25, 0.3) is 5.69 Å². The molecule has 0 bridgehead atoms. The van der Waals surface area contributed by atoms with Crippen molar-refractivity contribution in [2.45, 2.75) is 5.16 Å². The van der Waals surface area contributed by atoms with Gasteiger partial charge in [-0.05, 0) is 48.7 Å². The van der Waals surface area contributed by atoms with Gasteiger partial charge in [-0.1, -0.05) is 23.4 Å². The average Bonchev–Trinajstić information content (AvgIpc) is 3.19. The molecule has 156 valence electrons. The summed E-state index contributed by atoms with van der Waals surface area (Å²) < 4.78 is 20.5. The maximum atomic E-state index is 13.4. The lowest BCUT2D eigenvalue weighted by Crippen LogP contribution is -2.36. The molecule has 0 saturated carbocycles. The fourth-order valence-electron chi connectivity index (χ4n) is 3.35. The van der Waals surface area contributed by atoms with E-state index < -0.39 is 0 Å². The topological polar surface area (TPSA) is 59.4 Å². The largest absolute Gasteiger partial charge is 0.378 e. The van der Waals surface area contributed by atoms with Crippen molar-refractivity contribution in [3.63, 3.8) is 0 Å². The van der Waals surface area contributed by atoms with Gasteiger partial charge in [0, 0.05) is 23.8 Å². The molecule has 0 atom stereocenters. The molecule has 0 radical (unpaired) electrons. The van der Waals surface area contributed by atoms with Gasteiger partial charge < -0.3 is 15.0 Å². The first-order valence-corrected chi connectivity index (χ1v) is 11.0. The summed E-state index contributed by atoms with van der Waals surface area (Å²) in [6, 6.07) is 11.4. The second-order valence-corrected chi connectivity index (χ2v) is 7.87. The van der Waals surface area contributed by atoms with Crippen LogP contribution in [0.5, 0.6) is 0 Å². The Hall–Kier alpha value is -2.55. The molecule has 1 aliphatic heterocycles. The van der Waals surface area contributed by atoms with E-state index in [1.54, 1.807) is 28.8 Å². The maximum Gasteiger partial charge on any atom is 0.274 e. The molecule has 0 unspecified atom stereocenters. The van der Waals surface area contributed by atoms with Crippen molar-refractivity contribution in [2.75, 3.05) is 42.8 Å². The molecule has 3 aromatic rings. The Morgan fingerprint density at radius 1 is 1.20 bits per heavy atom. The Balaban J connectivity index is 1.68. The van der Waals surface area contributed by atoms with Crippen LogP contribution in [-0.4, -0.2) is 48.0 Å². The molecule has 2 aromatic carbocycles. The quantitative estimate of drug-likeness (QED) is 0.586. The number of thioether (sulfide) groups is 1. The summed E-state index contributed by atoms with van der Waals surface area (Å²) in [7, 11) is 0. The number of rotatable bonds is 5. The van der Waals surface area contributed by atoms with Crippen LogP contribution in [0.1, 0.15) is 10.5 Å². The zero-order chi connectivity index (χ0) is 21.1. The molecule has 9 heteroatoms. The third-order valence-corrected chi connectivity index (χ3v) is 5.68. The molecule has 1 aromatic heterocycles. The first-order valence-electron chi connectivity index (χ1n) is 9.38. The van der Waals surface area contributed by atoms with E-state index in [4.69, 9.17) is 16.3 Å². The van der Waals surface area contributed by atoms with Crippen LogP contribution in [0.2, 0.25) is 5.02 Å². The molecule has 2 heterocycles. The number of benzene rings is 2. The lowest BCUT2D eigenvalue weighted by Gasteiger charge is -2.30. The predicted molar refractivity (Wildman–Crippen MR) is 118 cm³/mol. The predicted octanol–water partition coefficient (Wildman–Crippen LogP) is 4.48. The highest BCUT2D eigenvalue weighted by atomic mass is 35.5. The number of hydrogen-bond acceptors (Lipinski definition) is 5. The molecule has 0 spiro atoms. The van der Waals surface area contributed by atoms with Gasteiger partial charge in [-0.25, -0.2) is 9.37 Å². The van der Waals surface area contributed by atoms with Crippen molar-refractivity contribution in [1.82, 2.24) is 9.55 Å². The molecule has 6 nitrogen and oxygen atoms in total. The lowest BCUT2D eigenvalue weighted by molar-refractivity contribution is 0.102. The molecule has 30 heavy (non-hydrogen) atoms. The summed E-state index contributed by atoms with van der Waals surface area (Å²) in [5.41, 5.74) is 2.50. The van der Waals surface area contributed by atoms with E-state index in [0.717, 1.165) is 18.8 Å². The van der Waals surface area contributed by atoms with Crippen molar-refractivity contribution in [3.05, 3.63) is 65.2 Å². The number of morpholine rings is 1. The van der Waals surface area contributed by atoms with E-state index in [1.165, 1.54) is 30.1 Å². The van der Waals surface area contributed by atoms with E-state index in [9.17, 15) is 9.18 Å². The molecule has 0 aliphatic carbocycles. The van der Waals surface area contributed by atoms with E-state index in [1.807, 2.05) is 12.3 Å². The van der Waals surface area contributed by atoms with Gasteiger partial charge in [-0.2, -0.15) is 0 Å². The second kappa shape index (κ2) is 9.07. The number of hydrogen-bond donors (Lipinski definition) is 1. The number of carbonyl (C=O) groups is 1. The van der Waals surface area contributed by atoms with Crippen LogP contribution in [0.4, 0.5) is 15.8 Å². The number of anilines is 2. The van der Waals surface area contributed by atoms with Crippen LogP contribution in [0.3, 0.4) is 0 Å². The highest BCUT2D eigenvalue weighted by Gasteiger charge is 2.21. The number of halogens is 2. The van der Waals surface area contributed by atoms with Crippen LogP contribution in [0, 0.1) is 5.82 Å². The normalized spacial score (nSPS) is 14.0. The molecule has 1 fully saturated rings. The minimum atomic E-state index is -0.343. The molecular formula is C21H20ClFN4O2S. The van der Waals surface area contributed by atoms with Crippen molar-refractivity contribution in [1.29, 1.82) is 0 Å². The number of ether oxygens (including phenoxy) is 1. The summed E-state index contributed by atoms with van der Waals surface area (Å²) in [6.45, 7) is 2.72. The number of amides is 1. The Morgan fingerprint density at radius 3 is 2.63 bits per heavy atom. The molecule has 4 rings (SSSR count). The fourth-order valence-corrected chi connectivity index (χ4v) is 4.07. The highest BCUT2D eigenvalue weighted by molar-refractivity contribution is 7.98. The Morgan fingerprint density at radius 2 is 1.93 bits per heavy atom. The van der Waals surface area contributed by atoms with Gasteiger partial charge in [-0.15, -0.1) is 0 Å². The Kier molecular flexibility index (Phi) is 6.26. The standard InChI is InChI=1S/C21H20ClFN4O2S/c1-30-21-24-13-19(27(21)16-5-3-15(23)4-6-16)20(28)25-17-12-14(22)2-7-18(17)26-8-10-29-11-9-26/h2-7,12-13H,8-11H2,1H3,(H,25,28). The van der Waals surface area contributed by atoms with E-state index in [0.29, 0.717) is 40.5 Å². The second-order valence-electron chi connectivity index (χ2n) is 6.66. The molecule has 1 saturated heterocycles. The number of nitrogens with one attached hydrogen (secondary N) is 1. The zero-order valence-corrected chi connectivity index (χ0v) is 17.8. The van der Waals surface area contributed by atoms with Crippen LogP contribution in [0.15, 0.2) is 53.8 Å². The van der Waals surface area contributed by atoms with Gasteiger partial charge in [-0.3, -0.25) is 9.36 Å². The van der Waals surface area contributed by atoms with E-state index in [2.05, 4.69) is 15.2 Å². The SMILES string of the molecule is CSc1ncc(C(=O)Nc2cc(Cl)ccc2N2CCOCC2)n1-c1ccc(F)cc1. The van der Waals surface area contributed by atoms with Crippen molar-refractivity contribution in [3.8, 4) is 5.69 Å². The van der Waals surface area contributed by atoms with Gasteiger partial charge >= 0.3 is 0 Å². The van der Waals surface area contributed by atoms with Gasteiger partial charge in [0.05, 0.1) is 30.8 Å². The summed E-state index contributed by atoms with van der Waals surface area (Å²) >= 11 is 7.61. The molecule has 1 aliphatic rings. The molecular weight excluding hydrogens is 427 g/mol. The first-order chi connectivity index (χ1) is 14.6. The third-order valence-electron chi connectivity index (χ3n) is 4.79. The van der Waals surface area contributed by atoms with E-state index in [-0.39, 0.29) is 11.7 Å². The summed E-state index contributed by atoms with van der Waals surface area (Å²) in [5.74, 6) is -0.673. The first kappa shape index (κ1) is 20.7. The van der Waals surface area contributed by atoms with Crippen molar-refractivity contribution >= 4 is 40.6 Å². The average molecular weight is 447 g/mol. The van der Waals surface area contributed by atoms with Crippen molar-refractivity contribution < 1.29 is 13.9 Å². The minimum Gasteiger partial charge on any atom is -0.378 e. The van der Waals surface area contributed by atoms with Crippen LogP contribution in [-0.2, 0) is 4.74 Å². The Bertz CT molecular complexity index is 1050. The summed E-state index contributed by atoms with van der Waals surface area (Å²) in [6.07, 6.45) is 3.39. The number of carbonyl (C=O) groups excluding carboxylic acids is 1. The number of aromatic nitrogens is 2. The van der Waals surface area contributed by atoms with Crippen LogP contribution >= 0.6 is 23.4 Å².